The number of fused-ring (bicyclic) bond motifs is 1. The van der Waals surface area contributed by atoms with E-state index in [0.29, 0.717) is 46.9 Å². The zero-order valence-corrected chi connectivity index (χ0v) is 20.4. The average Bonchev–Trinajstić information content (AvgIpc) is 2.93. The summed E-state index contributed by atoms with van der Waals surface area (Å²) in [7, 11) is 0. The molecule has 0 spiro atoms. The highest BCUT2D eigenvalue weighted by molar-refractivity contribution is 6.03. The van der Waals surface area contributed by atoms with Crippen molar-refractivity contribution in [3.05, 3.63) is 47.3 Å². The van der Waals surface area contributed by atoms with Gasteiger partial charge in [0.25, 0.3) is 5.91 Å². The number of pyridine rings is 2. The van der Waals surface area contributed by atoms with Crippen molar-refractivity contribution in [3.8, 4) is 17.3 Å². The van der Waals surface area contributed by atoms with Crippen molar-refractivity contribution in [2.75, 3.05) is 50.8 Å². The minimum absolute atomic E-state index is 0.0241. The van der Waals surface area contributed by atoms with Crippen molar-refractivity contribution in [1.82, 2.24) is 20.2 Å². The largest absolute Gasteiger partial charge is 0.507 e. The fraction of sp³-hybridized carbons (Fsp3) is 0.481. The molecule has 0 bridgehead atoms. The minimum Gasteiger partial charge on any atom is -0.507 e. The van der Waals surface area contributed by atoms with Crippen molar-refractivity contribution in [1.29, 1.82) is 5.26 Å². The van der Waals surface area contributed by atoms with Crippen LogP contribution in [0.3, 0.4) is 0 Å². The molecule has 2 aromatic rings. The fourth-order valence-corrected chi connectivity index (χ4v) is 5.13. The van der Waals surface area contributed by atoms with Crippen molar-refractivity contribution in [3.63, 3.8) is 0 Å². The van der Waals surface area contributed by atoms with E-state index in [0.717, 1.165) is 58.5 Å². The van der Waals surface area contributed by atoms with Crippen LogP contribution in [0.15, 0.2) is 36.2 Å². The molecule has 2 N–H and O–H groups in total. The Morgan fingerprint density at radius 3 is 2.67 bits per heavy atom. The number of carbonyl (C=O) groups is 1. The van der Waals surface area contributed by atoms with E-state index in [9.17, 15) is 9.90 Å². The Morgan fingerprint density at radius 2 is 1.94 bits per heavy atom. The summed E-state index contributed by atoms with van der Waals surface area (Å²) in [5, 5.41) is 23.5. The SMILES string of the molecule is N#Cc1ccc(-c2cnc3c(c2)C(O)=C(C(=O)NC2CCCCC2)CN3CCN2CCOCC2)nc1. The van der Waals surface area contributed by atoms with E-state index in [2.05, 4.69) is 26.2 Å². The Hall–Kier alpha value is -3.48. The van der Waals surface area contributed by atoms with Crippen LogP contribution in [0.5, 0.6) is 0 Å². The molecule has 36 heavy (non-hydrogen) atoms. The molecule has 0 unspecified atom stereocenters. The lowest BCUT2D eigenvalue weighted by atomic mass is 9.94. The lowest BCUT2D eigenvalue weighted by Crippen LogP contribution is -2.45. The molecule has 9 heteroatoms. The number of hydrogen-bond donors (Lipinski definition) is 2. The molecule has 0 atom stereocenters. The minimum atomic E-state index is -0.205. The molecule has 9 nitrogen and oxygen atoms in total. The van der Waals surface area contributed by atoms with Crippen LogP contribution in [-0.2, 0) is 9.53 Å². The molecule has 1 aliphatic carbocycles. The third-order valence-electron chi connectivity index (χ3n) is 7.25. The van der Waals surface area contributed by atoms with Crippen LogP contribution in [-0.4, -0.2) is 77.9 Å². The maximum absolute atomic E-state index is 13.3. The molecule has 188 valence electrons. The average molecular weight is 489 g/mol. The Bertz CT molecular complexity index is 1160. The standard InChI is InChI=1S/C27H32N6O3/c28-15-19-6-7-24(29-16-19)20-14-22-25(34)23(27(35)31-21-4-2-1-3-5-21)18-33(26(22)30-17-20)9-8-32-10-12-36-13-11-32/h6-7,14,16-17,21,34H,1-5,8-13,18H2,(H,31,35). The Labute approximate surface area is 211 Å². The van der Waals surface area contributed by atoms with Gasteiger partial charge in [0.15, 0.2) is 0 Å². The van der Waals surface area contributed by atoms with Gasteiger partial charge in [-0.15, -0.1) is 0 Å². The molecule has 5 rings (SSSR count). The molecule has 2 aromatic heterocycles. The van der Waals surface area contributed by atoms with E-state index in [1.54, 1.807) is 18.3 Å². The van der Waals surface area contributed by atoms with Gasteiger partial charge in [-0.3, -0.25) is 14.7 Å². The normalized spacial score (nSPS) is 19.0. The molecule has 3 aliphatic rings. The number of hydrogen-bond acceptors (Lipinski definition) is 8. The first kappa shape index (κ1) is 24.2. The van der Waals surface area contributed by atoms with E-state index in [4.69, 9.17) is 15.0 Å². The van der Waals surface area contributed by atoms with Crippen LogP contribution in [0, 0.1) is 11.3 Å². The van der Waals surface area contributed by atoms with Crippen molar-refractivity contribution in [2.45, 2.75) is 38.1 Å². The molecular formula is C27H32N6O3. The number of aliphatic hydroxyl groups is 1. The Kier molecular flexibility index (Phi) is 7.44. The number of morpholine rings is 1. The highest BCUT2D eigenvalue weighted by Gasteiger charge is 2.31. The van der Waals surface area contributed by atoms with Crippen LogP contribution in [0.25, 0.3) is 17.0 Å². The summed E-state index contributed by atoms with van der Waals surface area (Å²) in [6.07, 6.45) is 8.66. The third kappa shape index (κ3) is 5.35. The van der Waals surface area contributed by atoms with Gasteiger partial charge >= 0.3 is 0 Å². The lowest BCUT2D eigenvalue weighted by molar-refractivity contribution is -0.118. The monoisotopic (exact) mass is 488 g/mol. The molecule has 2 fully saturated rings. The van der Waals surface area contributed by atoms with Crippen LogP contribution in [0.4, 0.5) is 5.82 Å². The van der Waals surface area contributed by atoms with E-state index in [1.807, 2.05) is 6.07 Å². The van der Waals surface area contributed by atoms with Crippen molar-refractivity contribution < 1.29 is 14.6 Å². The number of amides is 1. The van der Waals surface area contributed by atoms with Gasteiger partial charge in [0.2, 0.25) is 0 Å². The number of nitrogens with one attached hydrogen (secondary N) is 1. The Balaban J connectivity index is 1.44. The second kappa shape index (κ2) is 11.1. The number of aromatic nitrogens is 2. The molecule has 4 heterocycles. The van der Waals surface area contributed by atoms with Gasteiger partial charge in [-0.1, -0.05) is 19.3 Å². The summed E-state index contributed by atoms with van der Waals surface area (Å²) in [5.41, 5.74) is 2.74. The first-order chi connectivity index (χ1) is 17.6. The maximum Gasteiger partial charge on any atom is 0.253 e. The molecule has 1 saturated heterocycles. The number of ether oxygens (including phenoxy) is 1. The highest BCUT2D eigenvalue weighted by atomic mass is 16.5. The zero-order valence-electron chi connectivity index (χ0n) is 20.4. The van der Waals surface area contributed by atoms with E-state index < -0.39 is 0 Å². The van der Waals surface area contributed by atoms with Gasteiger partial charge in [-0.25, -0.2) is 4.98 Å². The third-order valence-corrected chi connectivity index (χ3v) is 7.25. The number of nitriles is 1. The molecule has 0 aromatic carbocycles. The first-order valence-electron chi connectivity index (χ1n) is 12.8. The second-order valence-corrected chi connectivity index (χ2v) is 9.65. The molecule has 1 amide bonds. The van der Waals surface area contributed by atoms with Gasteiger partial charge in [-0.05, 0) is 31.0 Å². The summed E-state index contributed by atoms with van der Waals surface area (Å²) < 4.78 is 5.47. The molecule has 2 aliphatic heterocycles. The Morgan fingerprint density at radius 1 is 1.14 bits per heavy atom. The highest BCUT2D eigenvalue weighted by Crippen LogP contribution is 2.34. The van der Waals surface area contributed by atoms with Crippen LogP contribution >= 0.6 is 0 Å². The summed E-state index contributed by atoms with van der Waals surface area (Å²) >= 11 is 0. The van der Waals surface area contributed by atoms with Crippen LogP contribution in [0.2, 0.25) is 0 Å². The van der Waals surface area contributed by atoms with Crippen LogP contribution < -0.4 is 10.2 Å². The van der Waals surface area contributed by atoms with E-state index in [-0.39, 0.29) is 17.7 Å². The smallest absolute Gasteiger partial charge is 0.253 e. The van der Waals surface area contributed by atoms with Gasteiger partial charge in [0, 0.05) is 50.2 Å². The van der Waals surface area contributed by atoms with E-state index >= 15 is 0 Å². The quantitative estimate of drug-likeness (QED) is 0.638. The molecule has 0 radical (unpaired) electrons. The zero-order chi connectivity index (χ0) is 24.9. The van der Waals surface area contributed by atoms with Gasteiger partial charge in [-0.2, -0.15) is 5.26 Å². The first-order valence-corrected chi connectivity index (χ1v) is 12.8. The topological polar surface area (TPSA) is 115 Å². The van der Waals surface area contributed by atoms with Gasteiger partial charge < -0.3 is 20.1 Å². The van der Waals surface area contributed by atoms with Crippen LogP contribution in [0.1, 0.15) is 43.2 Å². The number of carbonyl (C=O) groups excluding carboxylic acids is 1. The number of nitrogens with zero attached hydrogens (tertiary/aromatic N) is 5. The van der Waals surface area contributed by atoms with Gasteiger partial charge in [0.05, 0.1) is 42.2 Å². The predicted octanol–water partition coefficient (Wildman–Crippen LogP) is 2.89. The fourth-order valence-electron chi connectivity index (χ4n) is 5.13. The second-order valence-electron chi connectivity index (χ2n) is 9.65. The summed E-state index contributed by atoms with van der Waals surface area (Å²) in [6.45, 7) is 5.03. The molecular weight excluding hydrogens is 456 g/mol. The summed E-state index contributed by atoms with van der Waals surface area (Å²) in [4.78, 5) is 26.8. The summed E-state index contributed by atoms with van der Waals surface area (Å²) in [6, 6.07) is 7.53. The van der Waals surface area contributed by atoms with Gasteiger partial charge in [0.1, 0.15) is 17.6 Å². The number of aliphatic hydroxyl groups excluding tert-OH is 1. The summed E-state index contributed by atoms with van der Waals surface area (Å²) in [5.74, 6) is 0.430. The number of anilines is 1. The van der Waals surface area contributed by atoms with Crippen molar-refractivity contribution >= 4 is 17.5 Å². The maximum atomic E-state index is 13.3. The van der Waals surface area contributed by atoms with Crippen molar-refractivity contribution in [2.24, 2.45) is 0 Å². The molecule has 1 saturated carbocycles. The lowest BCUT2D eigenvalue weighted by Gasteiger charge is -2.34. The number of rotatable bonds is 6. The predicted molar refractivity (Wildman–Crippen MR) is 136 cm³/mol. The van der Waals surface area contributed by atoms with E-state index in [1.165, 1.54) is 12.6 Å².